The van der Waals surface area contributed by atoms with E-state index in [9.17, 15) is 9.59 Å². The molecule has 1 aromatic heterocycles. The Morgan fingerprint density at radius 1 is 1.30 bits per heavy atom. The van der Waals surface area contributed by atoms with Crippen molar-refractivity contribution in [3.05, 3.63) is 46.8 Å². The molecule has 102 valence electrons. The van der Waals surface area contributed by atoms with Crippen LogP contribution in [0.1, 0.15) is 27.3 Å². The largest absolute Gasteiger partial charge is 0.424 e. The average molecular weight is 270 g/mol. The van der Waals surface area contributed by atoms with Gasteiger partial charge in [-0.05, 0) is 31.2 Å². The fraction of sp³-hybridized carbons (Fsp3) is 0.200. The van der Waals surface area contributed by atoms with Gasteiger partial charge < -0.3 is 15.0 Å². The van der Waals surface area contributed by atoms with Crippen LogP contribution in [0.3, 0.4) is 0 Å². The van der Waals surface area contributed by atoms with E-state index in [-0.39, 0.29) is 18.2 Å². The Bertz CT molecular complexity index is 695. The second kappa shape index (κ2) is 4.23. The van der Waals surface area contributed by atoms with Crippen LogP contribution in [0.4, 0.5) is 5.69 Å². The van der Waals surface area contributed by atoms with E-state index < -0.39 is 0 Å². The molecule has 0 saturated heterocycles. The highest BCUT2D eigenvalue weighted by atomic mass is 16.5. The van der Waals surface area contributed by atoms with Gasteiger partial charge in [-0.25, -0.2) is 0 Å². The summed E-state index contributed by atoms with van der Waals surface area (Å²) in [5, 5.41) is 0. The highest BCUT2D eigenvalue weighted by Crippen LogP contribution is 2.35. The van der Waals surface area contributed by atoms with E-state index in [0.29, 0.717) is 28.3 Å². The Kier molecular flexibility index (Phi) is 2.64. The molecule has 5 heteroatoms. The van der Waals surface area contributed by atoms with Gasteiger partial charge in [-0.2, -0.15) is 0 Å². The summed E-state index contributed by atoms with van der Waals surface area (Å²) < 4.78 is 6.92. The summed E-state index contributed by atoms with van der Waals surface area (Å²) in [7, 11) is 1.78. The third kappa shape index (κ3) is 1.71. The number of esters is 1. The predicted octanol–water partition coefficient (Wildman–Crippen LogP) is 1.61. The molecule has 0 bridgehead atoms. The van der Waals surface area contributed by atoms with Crippen molar-refractivity contribution in [2.75, 3.05) is 5.73 Å². The first-order chi connectivity index (χ1) is 9.49. The van der Waals surface area contributed by atoms with Crippen molar-refractivity contribution in [3.8, 4) is 5.75 Å². The van der Waals surface area contributed by atoms with Crippen LogP contribution in [0.25, 0.3) is 0 Å². The van der Waals surface area contributed by atoms with Crippen LogP contribution in [0.15, 0.2) is 24.3 Å². The highest BCUT2D eigenvalue weighted by Gasteiger charge is 2.31. The monoisotopic (exact) mass is 270 g/mol. The zero-order chi connectivity index (χ0) is 14.4. The Balaban J connectivity index is 2.08. The minimum atomic E-state index is -0.278. The zero-order valence-electron chi connectivity index (χ0n) is 11.3. The summed E-state index contributed by atoms with van der Waals surface area (Å²) in [5.41, 5.74) is 8.81. The van der Waals surface area contributed by atoms with Crippen LogP contribution >= 0.6 is 0 Å². The topological polar surface area (TPSA) is 74.3 Å². The van der Waals surface area contributed by atoms with Gasteiger partial charge in [0.05, 0.1) is 17.8 Å². The summed E-state index contributed by atoms with van der Waals surface area (Å²) in [4.78, 5) is 23.9. The summed E-state index contributed by atoms with van der Waals surface area (Å²) in [6, 6.07) is 6.78. The normalized spacial score (nSPS) is 13.2. The van der Waals surface area contributed by atoms with Crippen LogP contribution in [0.2, 0.25) is 0 Å². The smallest absolute Gasteiger partial charge is 0.317 e. The number of aromatic nitrogens is 1. The number of nitrogens with zero attached hydrogens (tertiary/aromatic N) is 1. The predicted molar refractivity (Wildman–Crippen MR) is 73.8 cm³/mol. The maximum Gasteiger partial charge on any atom is 0.317 e. The van der Waals surface area contributed by atoms with Crippen LogP contribution in [0.5, 0.6) is 5.75 Å². The fourth-order valence-electron chi connectivity index (χ4n) is 2.58. The van der Waals surface area contributed by atoms with Crippen LogP contribution < -0.4 is 10.5 Å². The van der Waals surface area contributed by atoms with Gasteiger partial charge in [0, 0.05) is 23.9 Å². The van der Waals surface area contributed by atoms with E-state index in [1.165, 1.54) is 0 Å². The number of carbonyl (C=O) groups is 2. The van der Waals surface area contributed by atoms with Crippen molar-refractivity contribution in [1.82, 2.24) is 4.57 Å². The third-order valence-electron chi connectivity index (χ3n) is 3.61. The Hall–Kier alpha value is -2.56. The number of ether oxygens (including phenoxy) is 1. The van der Waals surface area contributed by atoms with Crippen LogP contribution in [-0.2, 0) is 18.3 Å². The SMILES string of the molecule is Cc1c2c(n(C)c1C(=O)c1ccc(N)cc1)CC(=O)O2. The summed E-state index contributed by atoms with van der Waals surface area (Å²) in [6.07, 6.45) is 0.210. The van der Waals surface area contributed by atoms with E-state index in [0.717, 1.165) is 5.69 Å². The first kappa shape index (κ1) is 12.5. The van der Waals surface area contributed by atoms with E-state index >= 15 is 0 Å². The lowest BCUT2D eigenvalue weighted by Gasteiger charge is -2.07. The zero-order valence-corrected chi connectivity index (χ0v) is 11.3. The number of nitrogen functional groups attached to an aromatic ring is 1. The van der Waals surface area contributed by atoms with Crippen molar-refractivity contribution < 1.29 is 14.3 Å². The molecule has 5 nitrogen and oxygen atoms in total. The van der Waals surface area contributed by atoms with Gasteiger partial charge in [0.1, 0.15) is 0 Å². The van der Waals surface area contributed by atoms with Crippen molar-refractivity contribution in [2.24, 2.45) is 7.05 Å². The minimum absolute atomic E-state index is 0.101. The standard InChI is InChI=1S/C15H14N2O3/c1-8-13(14(19)9-3-5-10(16)6-4-9)17(2)11-7-12(18)20-15(8)11/h3-6H,7,16H2,1-2H3. The Morgan fingerprint density at radius 3 is 2.55 bits per heavy atom. The lowest BCUT2D eigenvalue weighted by atomic mass is 10.1. The second-order valence-electron chi connectivity index (χ2n) is 4.91. The molecule has 0 atom stereocenters. The number of hydrogen-bond acceptors (Lipinski definition) is 4. The molecule has 2 heterocycles. The molecule has 2 aromatic rings. The lowest BCUT2D eigenvalue weighted by Crippen LogP contribution is -2.13. The van der Waals surface area contributed by atoms with E-state index in [4.69, 9.17) is 10.5 Å². The van der Waals surface area contributed by atoms with Crippen LogP contribution in [0, 0.1) is 6.92 Å². The summed E-state index contributed by atoms with van der Waals surface area (Å²) in [6.45, 7) is 1.79. The van der Waals surface area contributed by atoms with Gasteiger partial charge >= 0.3 is 5.97 Å². The Morgan fingerprint density at radius 2 is 1.95 bits per heavy atom. The molecule has 0 fully saturated rings. The number of ketones is 1. The second-order valence-corrected chi connectivity index (χ2v) is 4.91. The Labute approximate surface area is 116 Å². The molecule has 0 spiro atoms. The molecule has 1 aromatic carbocycles. The number of hydrogen-bond donors (Lipinski definition) is 1. The molecule has 2 N–H and O–H groups in total. The maximum atomic E-state index is 12.6. The van der Waals surface area contributed by atoms with Gasteiger partial charge in [-0.3, -0.25) is 9.59 Å². The highest BCUT2D eigenvalue weighted by molar-refractivity contribution is 6.10. The van der Waals surface area contributed by atoms with E-state index in [1.807, 2.05) is 0 Å². The van der Waals surface area contributed by atoms with Crippen molar-refractivity contribution in [3.63, 3.8) is 0 Å². The minimum Gasteiger partial charge on any atom is -0.424 e. The molecule has 0 unspecified atom stereocenters. The third-order valence-corrected chi connectivity index (χ3v) is 3.61. The number of fused-ring (bicyclic) bond motifs is 1. The lowest BCUT2D eigenvalue weighted by molar-refractivity contribution is -0.131. The quantitative estimate of drug-likeness (QED) is 0.511. The fourth-order valence-corrected chi connectivity index (χ4v) is 2.58. The molecular weight excluding hydrogens is 256 g/mol. The van der Waals surface area contributed by atoms with E-state index in [2.05, 4.69) is 0 Å². The molecule has 0 saturated carbocycles. The van der Waals surface area contributed by atoms with Crippen molar-refractivity contribution in [2.45, 2.75) is 13.3 Å². The number of anilines is 1. The number of rotatable bonds is 2. The molecule has 20 heavy (non-hydrogen) atoms. The average Bonchev–Trinajstić information content (AvgIpc) is 2.90. The van der Waals surface area contributed by atoms with E-state index in [1.54, 1.807) is 42.8 Å². The summed E-state index contributed by atoms with van der Waals surface area (Å²) in [5.74, 6) is 0.145. The van der Waals surface area contributed by atoms with Gasteiger partial charge in [0.2, 0.25) is 5.78 Å². The summed E-state index contributed by atoms with van der Waals surface area (Å²) >= 11 is 0. The molecule has 0 radical (unpaired) electrons. The van der Waals surface area contributed by atoms with Crippen molar-refractivity contribution >= 4 is 17.4 Å². The number of benzene rings is 1. The molecule has 0 aliphatic carbocycles. The maximum absolute atomic E-state index is 12.6. The first-order valence-corrected chi connectivity index (χ1v) is 6.28. The van der Waals surface area contributed by atoms with Gasteiger partial charge in [0.15, 0.2) is 5.75 Å². The van der Waals surface area contributed by atoms with Gasteiger partial charge in [-0.15, -0.1) is 0 Å². The molecule has 0 amide bonds. The number of carbonyl (C=O) groups excluding carboxylic acids is 2. The molecular formula is C15H14N2O3. The van der Waals surface area contributed by atoms with Crippen LogP contribution in [-0.4, -0.2) is 16.3 Å². The molecule has 1 aliphatic heterocycles. The first-order valence-electron chi connectivity index (χ1n) is 6.28. The van der Waals surface area contributed by atoms with Crippen molar-refractivity contribution in [1.29, 1.82) is 0 Å². The van der Waals surface area contributed by atoms with Gasteiger partial charge in [-0.1, -0.05) is 0 Å². The number of nitrogens with two attached hydrogens (primary N) is 1. The van der Waals surface area contributed by atoms with Gasteiger partial charge in [0.25, 0.3) is 0 Å². The molecule has 3 rings (SSSR count). The molecule has 1 aliphatic rings.